The zero-order valence-electron chi connectivity index (χ0n) is 15.2. The molecule has 2 aromatic heterocycles. The maximum atomic E-state index is 12.8. The first-order chi connectivity index (χ1) is 13.1. The second-order valence-electron chi connectivity index (χ2n) is 6.77. The molecule has 0 saturated carbocycles. The highest BCUT2D eigenvalue weighted by Gasteiger charge is 2.30. The highest BCUT2D eigenvalue weighted by Crippen LogP contribution is 2.27. The maximum absolute atomic E-state index is 12.8. The third-order valence-corrected chi connectivity index (χ3v) is 4.95. The van der Waals surface area contributed by atoms with Gasteiger partial charge in [-0.3, -0.25) is 9.78 Å². The number of hydrogen-bond acceptors (Lipinski definition) is 4. The van der Waals surface area contributed by atoms with Gasteiger partial charge in [-0.05, 0) is 37.1 Å². The van der Waals surface area contributed by atoms with Crippen LogP contribution in [0.1, 0.15) is 34.9 Å². The van der Waals surface area contributed by atoms with Crippen LogP contribution in [0, 0.1) is 0 Å². The lowest BCUT2D eigenvalue weighted by molar-refractivity contribution is 0.0703. The minimum Gasteiger partial charge on any atom is -0.338 e. The van der Waals surface area contributed by atoms with Gasteiger partial charge in [-0.25, -0.2) is 14.0 Å². The summed E-state index contributed by atoms with van der Waals surface area (Å²) in [6, 6.07) is 13.1. The van der Waals surface area contributed by atoms with Crippen LogP contribution >= 0.6 is 0 Å². The first-order valence-electron chi connectivity index (χ1n) is 9.06. The number of pyridine rings is 1. The number of para-hydroxylation sites is 1. The molecule has 7 nitrogen and oxygen atoms in total. The Morgan fingerprint density at radius 2 is 1.96 bits per heavy atom. The maximum Gasteiger partial charge on any atom is 0.350 e. The fourth-order valence-electron chi connectivity index (χ4n) is 3.61. The lowest BCUT2D eigenvalue weighted by Gasteiger charge is -2.32. The summed E-state index contributed by atoms with van der Waals surface area (Å²) in [7, 11) is 1.66. The van der Waals surface area contributed by atoms with Gasteiger partial charge >= 0.3 is 5.69 Å². The number of nitrogens with zero attached hydrogens (tertiary/aromatic N) is 5. The quantitative estimate of drug-likeness (QED) is 0.713. The lowest BCUT2D eigenvalue weighted by Crippen LogP contribution is -2.40. The second-order valence-corrected chi connectivity index (χ2v) is 6.77. The van der Waals surface area contributed by atoms with Crippen molar-refractivity contribution in [3.05, 3.63) is 76.7 Å². The van der Waals surface area contributed by atoms with Crippen LogP contribution in [-0.4, -0.2) is 43.2 Å². The molecule has 1 unspecified atom stereocenters. The van der Waals surface area contributed by atoms with E-state index in [2.05, 4.69) is 10.1 Å². The first-order valence-corrected chi connectivity index (χ1v) is 9.06. The molecular weight excluding hydrogens is 342 g/mol. The van der Waals surface area contributed by atoms with Gasteiger partial charge in [0.05, 0.1) is 11.3 Å². The SMILES string of the molecule is Cn1nc(C2CCCN(C(=O)c3cccnc3)C2)n(-c2ccccc2)c1=O. The highest BCUT2D eigenvalue weighted by atomic mass is 16.2. The van der Waals surface area contributed by atoms with E-state index in [1.807, 2.05) is 35.2 Å². The summed E-state index contributed by atoms with van der Waals surface area (Å²) in [5.41, 5.74) is 1.20. The predicted octanol–water partition coefficient (Wildman–Crippen LogP) is 1.99. The van der Waals surface area contributed by atoms with Gasteiger partial charge in [0, 0.05) is 38.4 Å². The summed E-state index contributed by atoms with van der Waals surface area (Å²) in [4.78, 5) is 31.3. The molecule has 1 aromatic carbocycles. The molecule has 1 saturated heterocycles. The van der Waals surface area contributed by atoms with E-state index < -0.39 is 0 Å². The van der Waals surface area contributed by atoms with Crippen LogP contribution in [0.2, 0.25) is 0 Å². The molecule has 1 aliphatic rings. The number of benzene rings is 1. The number of likely N-dealkylation sites (tertiary alicyclic amines) is 1. The molecule has 3 heterocycles. The first kappa shape index (κ1) is 17.2. The fourth-order valence-corrected chi connectivity index (χ4v) is 3.61. The van der Waals surface area contributed by atoms with Crippen LogP contribution in [0.4, 0.5) is 0 Å². The lowest BCUT2D eigenvalue weighted by atomic mass is 9.96. The monoisotopic (exact) mass is 363 g/mol. The van der Waals surface area contributed by atoms with Crippen molar-refractivity contribution >= 4 is 5.91 Å². The average molecular weight is 363 g/mol. The molecule has 0 bridgehead atoms. The number of aryl methyl sites for hydroxylation is 1. The number of piperidine rings is 1. The number of rotatable bonds is 3. The van der Waals surface area contributed by atoms with Crippen LogP contribution in [0.25, 0.3) is 5.69 Å². The molecule has 4 rings (SSSR count). The number of amides is 1. The molecule has 0 aliphatic carbocycles. The van der Waals surface area contributed by atoms with Gasteiger partial charge in [0.2, 0.25) is 0 Å². The fraction of sp³-hybridized carbons (Fsp3) is 0.300. The number of aromatic nitrogens is 4. The van der Waals surface area contributed by atoms with Crippen LogP contribution in [0.3, 0.4) is 0 Å². The van der Waals surface area contributed by atoms with Crippen molar-refractivity contribution in [2.24, 2.45) is 7.05 Å². The van der Waals surface area contributed by atoms with E-state index in [0.29, 0.717) is 24.5 Å². The van der Waals surface area contributed by atoms with Gasteiger partial charge in [-0.2, -0.15) is 5.10 Å². The molecule has 1 amide bonds. The molecule has 1 fully saturated rings. The Morgan fingerprint density at radius 1 is 1.15 bits per heavy atom. The third kappa shape index (κ3) is 3.28. The summed E-state index contributed by atoms with van der Waals surface area (Å²) in [6.07, 6.45) is 5.01. The average Bonchev–Trinajstić information content (AvgIpc) is 3.03. The Morgan fingerprint density at radius 3 is 2.70 bits per heavy atom. The molecule has 1 atom stereocenters. The molecule has 1 aliphatic heterocycles. The molecule has 0 spiro atoms. The molecule has 7 heteroatoms. The molecule has 0 radical (unpaired) electrons. The van der Waals surface area contributed by atoms with Crippen molar-refractivity contribution in [2.45, 2.75) is 18.8 Å². The Kier molecular flexibility index (Phi) is 4.58. The van der Waals surface area contributed by atoms with Gasteiger partial charge in [-0.15, -0.1) is 0 Å². The van der Waals surface area contributed by atoms with E-state index in [1.165, 1.54) is 4.68 Å². The molecule has 27 heavy (non-hydrogen) atoms. The highest BCUT2D eigenvalue weighted by molar-refractivity contribution is 5.94. The Hall–Kier alpha value is -3.22. The van der Waals surface area contributed by atoms with Crippen molar-refractivity contribution in [2.75, 3.05) is 13.1 Å². The smallest absolute Gasteiger partial charge is 0.338 e. The van der Waals surface area contributed by atoms with E-state index in [0.717, 1.165) is 18.5 Å². The van der Waals surface area contributed by atoms with Gasteiger partial charge < -0.3 is 4.90 Å². The summed E-state index contributed by atoms with van der Waals surface area (Å²) in [6.45, 7) is 1.24. The summed E-state index contributed by atoms with van der Waals surface area (Å²) < 4.78 is 3.02. The van der Waals surface area contributed by atoms with Crippen molar-refractivity contribution in [1.29, 1.82) is 0 Å². The van der Waals surface area contributed by atoms with Crippen LogP contribution in [-0.2, 0) is 7.05 Å². The van der Waals surface area contributed by atoms with Gasteiger partial charge in [-0.1, -0.05) is 18.2 Å². The Bertz CT molecular complexity index is 994. The van der Waals surface area contributed by atoms with Gasteiger partial charge in [0.15, 0.2) is 0 Å². The molecule has 0 N–H and O–H groups in total. The summed E-state index contributed by atoms with van der Waals surface area (Å²) in [5.74, 6) is 0.684. The third-order valence-electron chi connectivity index (χ3n) is 4.95. The Labute approximate surface area is 156 Å². The van der Waals surface area contributed by atoms with Crippen LogP contribution in [0.5, 0.6) is 0 Å². The van der Waals surface area contributed by atoms with E-state index in [-0.39, 0.29) is 17.5 Å². The second kappa shape index (κ2) is 7.19. The number of hydrogen-bond donors (Lipinski definition) is 0. The molecule has 138 valence electrons. The van der Waals surface area contributed by atoms with Crippen molar-refractivity contribution in [1.82, 2.24) is 24.2 Å². The van der Waals surface area contributed by atoms with E-state index >= 15 is 0 Å². The van der Waals surface area contributed by atoms with Crippen molar-refractivity contribution < 1.29 is 4.79 Å². The summed E-state index contributed by atoms with van der Waals surface area (Å²) >= 11 is 0. The normalized spacial score (nSPS) is 17.1. The standard InChI is InChI=1S/C20H21N5O2/c1-23-20(27)25(17-9-3-2-4-10-17)18(22-23)16-8-6-12-24(14-16)19(26)15-7-5-11-21-13-15/h2-5,7,9-11,13,16H,6,8,12,14H2,1H3. The minimum absolute atomic E-state index is 0.00785. The van der Waals surface area contributed by atoms with Gasteiger partial charge in [0.25, 0.3) is 5.91 Å². The largest absolute Gasteiger partial charge is 0.350 e. The zero-order valence-corrected chi connectivity index (χ0v) is 15.2. The molecular formula is C20H21N5O2. The molecule has 3 aromatic rings. The van der Waals surface area contributed by atoms with Crippen LogP contribution in [0.15, 0.2) is 59.7 Å². The van der Waals surface area contributed by atoms with E-state index in [1.54, 1.807) is 36.1 Å². The predicted molar refractivity (Wildman–Crippen MR) is 101 cm³/mol. The zero-order chi connectivity index (χ0) is 18.8. The van der Waals surface area contributed by atoms with Crippen molar-refractivity contribution in [3.8, 4) is 5.69 Å². The van der Waals surface area contributed by atoms with Crippen LogP contribution < -0.4 is 5.69 Å². The number of carbonyl (C=O) groups excluding carboxylic acids is 1. The van der Waals surface area contributed by atoms with E-state index in [4.69, 9.17) is 0 Å². The number of carbonyl (C=O) groups is 1. The van der Waals surface area contributed by atoms with E-state index in [9.17, 15) is 9.59 Å². The van der Waals surface area contributed by atoms with Crippen molar-refractivity contribution in [3.63, 3.8) is 0 Å². The minimum atomic E-state index is -0.174. The Balaban J connectivity index is 1.66. The summed E-state index contributed by atoms with van der Waals surface area (Å²) in [5, 5.41) is 4.49. The topological polar surface area (TPSA) is 73.0 Å². The van der Waals surface area contributed by atoms with Gasteiger partial charge in [0.1, 0.15) is 5.82 Å².